The van der Waals surface area contributed by atoms with Crippen molar-refractivity contribution in [2.45, 2.75) is 78.5 Å². The number of nitrogens with zero attached hydrogens (tertiary/aromatic N) is 1. The molecule has 5 fully saturated rings. The summed E-state index contributed by atoms with van der Waals surface area (Å²) in [5, 5.41) is 15.7. The van der Waals surface area contributed by atoms with E-state index in [9.17, 15) is 18.4 Å². The highest BCUT2D eigenvalue weighted by molar-refractivity contribution is 8.00. The van der Waals surface area contributed by atoms with E-state index in [1.807, 2.05) is 0 Å². The van der Waals surface area contributed by atoms with Crippen molar-refractivity contribution < 1.29 is 23.1 Å². The molecule has 0 radical (unpaired) electrons. The first-order chi connectivity index (χ1) is 18.7. The van der Waals surface area contributed by atoms with E-state index >= 15 is 0 Å². The second-order valence-electron chi connectivity index (χ2n) is 11.6. The van der Waals surface area contributed by atoms with E-state index in [0.717, 1.165) is 12.8 Å². The third-order valence-electron chi connectivity index (χ3n) is 9.19. The minimum atomic E-state index is -2.66. The SMILES string of the molecule is COC1CNC(Cl)CC1C1CC(C)NCC1C(=O)NC1NC2CN(C(=O)C3NCCC(Cl)C3C(F)F)CC2S1. The van der Waals surface area contributed by atoms with E-state index < -0.39 is 23.8 Å². The standard InChI is InChI=1S/C25H40Cl2F2N6O3S/c1-11-5-12(13-6-19(27)32-8-17(13)38-2)14(7-31-11)23(36)34-25-33-16-9-35(10-18(16)39-25)24(37)21-20(22(28)29)15(26)3-4-30-21/h11-22,25,30-33H,3-10H2,1-2H3,(H,34,36). The van der Waals surface area contributed by atoms with Gasteiger partial charge in [-0.05, 0) is 44.6 Å². The van der Waals surface area contributed by atoms with Crippen molar-refractivity contribution in [2.24, 2.45) is 23.7 Å². The fraction of sp³-hybridized carbons (Fsp3) is 0.920. The third-order valence-corrected chi connectivity index (χ3v) is 11.4. The molecule has 12 unspecified atom stereocenters. The fourth-order valence-corrected chi connectivity index (χ4v) is 9.18. The number of carbonyl (C=O) groups is 2. The van der Waals surface area contributed by atoms with Crippen LogP contribution in [-0.2, 0) is 14.3 Å². The number of fused-ring (bicyclic) bond motifs is 1. The molecule has 0 aromatic heterocycles. The average molecular weight is 614 g/mol. The summed E-state index contributed by atoms with van der Waals surface area (Å²) in [7, 11) is 1.71. The van der Waals surface area contributed by atoms with Crippen molar-refractivity contribution in [1.29, 1.82) is 0 Å². The van der Waals surface area contributed by atoms with E-state index in [-0.39, 0.29) is 58.0 Å². The predicted molar refractivity (Wildman–Crippen MR) is 148 cm³/mol. The largest absolute Gasteiger partial charge is 0.380 e. The van der Waals surface area contributed by atoms with Gasteiger partial charge in [0.15, 0.2) is 0 Å². The Hall–Kier alpha value is -0.470. The van der Waals surface area contributed by atoms with Gasteiger partial charge in [0.2, 0.25) is 18.2 Å². The maximum absolute atomic E-state index is 13.7. The van der Waals surface area contributed by atoms with Gasteiger partial charge in [-0.15, -0.1) is 35.0 Å². The second kappa shape index (κ2) is 12.8. The van der Waals surface area contributed by atoms with Gasteiger partial charge in [0.25, 0.3) is 0 Å². The molecule has 0 bridgehead atoms. The lowest BCUT2D eigenvalue weighted by atomic mass is 9.70. The van der Waals surface area contributed by atoms with Crippen LogP contribution in [0.3, 0.4) is 0 Å². The smallest absolute Gasteiger partial charge is 0.244 e. The van der Waals surface area contributed by atoms with Gasteiger partial charge in [-0.25, -0.2) is 8.78 Å². The molecule has 5 aliphatic rings. The Bertz CT molecular complexity index is 885. The first-order valence-electron chi connectivity index (χ1n) is 14.0. The van der Waals surface area contributed by atoms with Crippen LogP contribution in [0.2, 0.25) is 0 Å². The molecular weight excluding hydrogens is 573 g/mol. The zero-order chi connectivity index (χ0) is 27.8. The van der Waals surface area contributed by atoms with Crippen LogP contribution >= 0.6 is 35.0 Å². The van der Waals surface area contributed by atoms with Crippen LogP contribution in [0.5, 0.6) is 0 Å². The topological polar surface area (TPSA) is 107 Å². The molecule has 0 spiro atoms. The summed E-state index contributed by atoms with van der Waals surface area (Å²) < 4.78 is 33.1. The van der Waals surface area contributed by atoms with Crippen LogP contribution in [0.1, 0.15) is 26.2 Å². The Kier molecular flexibility index (Phi) is 9.85. The molecule has 0 aliphatic carbocycles. The number of halogens is 4. The molecule has 14 heteroatoms. The minimum absolute atomic E-state index is 0.00357. The molecule has 0 aromatic carbocycles. The first kappa shape index (κ1) is 30.0. The number of thioether (sulfide) groups is 1. The molecule has 2 amide bonds. The quantitative estimate of drug-likeness (QED) is 0.223. The monoisotopic (exact) mass is 612 g/mol. The van der Waals surface area contributed by atoms with Crippen molar-refractivity contribution in [2.75, 3.05) is 39.8 Å². The highest BCUT2D eigenvalue weighted by Crippen LogP contribution is 2.39. The lowest BCUT2D eigenvalue weighted by Gasteiger charge is -2.45. The molecule has 0 saturated carbocycles. The highest BCUT2D eigenvalue weighted by atomic mass is 35.5. The van der Waals surface area contributed by atoms with Crippen molar-refractivity contribution >= 4 is 46.8 Å². The summed E-state index contributed by atoms with van der Waals surface area (Å²) in [6.45, 7) is 4.71. The number of ether oxygens (including phenoxy) is 1. The fourth-order valence-electron chi connectivity index (χ4n) is 7.11. The third kappa shape index (κ3) is 6.48. The Morgan fingerprint density at radius 3 is 2.62 bits per heavy atom. The summed E-state index contributed by atoms with van der Waals surface area (Å²) in [5.74, 6) is -1.41. The van der Waals surface area contributed by atoms with Gasteiger partial charge in [0.1, 0.15) is 5.50 Å². The number of methoxy groups -OCH3 is 1. The van der Waals surface area contributed by atoms with Crippen molar-refractivity contribution in [3.63, 3.8) is 0 Å². The van der Waals surface area contributed by atoms with E-state index in [1.165, 1.54) is 0 Å². The number of hydrogen-bond donors (Lipinski definition) is 5. The number of likely N-dealkylation sites (tertiary alicyclic amines) is 1. The second-order valence-corrected chi connectivity index (χ2v) is 14.0. The van der Waals surface area contributed by atoms with Crippen molar-refractivity contribution in [3.8, 4) is 0 Å². The average Bonchev–Trinajstić information content (AvgIpc) is 3.46. The summed E-state index contributed by atoms with van der Waals surface area (Å²) in [5.41, 5.74) is -0.409. The Labute approximate surface area is 242 Å². The number of amides is 2. The zero-order valence-electron chi connectivity index (χ0n) is 22.3. The van der Waals surface area contributed by atoms with E-state index in [2.05, 4.69) is 33.5 Å². The molecule has 5 heterocycles. The molecule has 5 saturated heterocycles. The van der Waals surface area contributed by atoms with E-state index in [1.54, 1.807) is 23.8 Å². The molecule has 39 heavy (non-hydrogen) atoms. The zero-order valence-corrected chi connectivity index (χ0v) is 24.6. The van der Waals surface area contributed by atoms with Gasteiger partial charge < -0.3 is 25.6 Å². The molecule has 9 nitrogen and oxygen atoms in total. The normalized spacial score (nSPS) is 44.8. The Morgan fingerprint density at radius 1 is 1.10 bits per heavy atom. The van der Waals surface area contributed by atoms with Crippen LogP contribution in [0.15, 0.2) is 0 Å². The maximum Gasteiger partial charge on any atom is 0.244 e. The van der Waals surface area contributed by atoms with Gasteiger partial charge >= 0.3 is 0 Å². The number of alkyl halides is 4. The van der Waals surface area contributed by atoms with Gasteiger partial charge in [-0.2, -0.15) is 0 Å². The Morgan fingerprint density at radius 2 is 1.90 bits per heavy atom. The lowest BCUT2D eigenvalue weighted by molar-refractivity contribution is -0.136. The molecule has 12 atom stereocenters. The number of nitrogens with one attached hydrogen (secondary N) is 5. The van der Waals surface area contributed by atoms with Crippen LogP contribution in [0.4, 0.5) is 8.78 Å². The Balaban J connectivity index is 1.17. The number of piperidine rings is 3. The number of rotatable bonds is 6. The van der Waals surface area contributed by atoms with Crippen LogP contribution in [-0.4, -0.2) is 109 Å². The molecule has 5 N–H and O–H groups in total. The van der Waals surface area contributed by atoms with Crippen molar-refractivity contribution in [3.05, 3.63) is 0 Å². The van der Waals surface area contributed by atoms with Crippen LogP contribution < -0.4 is 26.6 Å². The molecule has 5 rings (SSSR count). The summed E-state index contributed by atoms with van der Waals surface area (Å²) in [6, 6.07) is -0.694. The summed E-state index contributed by atoms with van der Waals surface area (Å²) >= 11 is 14.2. The highest BCUT2D eigenvalue weighted by Gasteiger charge is 2.49. The molecule has 0 aromatic rings. The molecule has 222 valence electrons. The van der Waals surface area contributed by atoms with Gasteiger partial charge in [0, 0.05) is 56.0 Å². The lowest BCUT2D eigenvalue weighted by Crippen LogP contribution is -2.58. The number of hydrogen-bond acceptors (Lipinski definition) is 8. The van der Waals surface area contributed by atoms with Gasteiger partial charge in [-0.3, -0.25) is 20.2 Å². The predicted octanol–water partition coefficient (Wildman–Crippen LogP) is 0.956. The summed E-state index contributed by atoms with van der Waals surface area (Å²) in [4.78, 5) is 28.4. The van der Waals surface area contributed by atoms with Crippen LogP contribution in [0.25, 0.3) is 0 Å². The number of carbonyl (C=O) groups excluding carboxylic acids is 2. The summed E-state index contributed by atoms with van der Waals surface area (Å²) in [6.07, 6.45) is -0.624. The molecular formula is C25H40Cl2F2N6O3S. The van der Waals surface area contributed by atoms with Gasteiger partial charge in [0.05, 0.1) is 29.5 Å². The van der Waals surface area contributed by atoms with Crippen LogP contribution in [0, 0.1) is 23.7 Å². The van der Waals surface area contributed by atoms with E-state index in [4.69, 9.17) is 27.9 Å². The minimum Gasteiger partial charge on any atom is -0.380 e. The maximum atomic E-state index is 13.7. The van der Waals surface area contributed by atoms with E-state index in [0.29, 0.717) is 45.2 Å². The van der Waals surface area contributed by atoms with Gasteiger partial charge in [-0.1, -0.05) is 0 Å². The molecule has 5 aliphatic heterocycles. The first-order valence-corrected chi connectivity index (χ1v) is 15.8. The van der Waals surface area contributed by atoms with Crippen molar-refractivity contribution in [1.82, 2.24) is 31.5 Å².